The molecule has 2 aromatic rings. The number of nitrogens with zero attached hydrogens (tertiary/aromatic N) is 3. The van der Waals surface area contributed by atoms with Crippen LogP contribution in [0.2, 0.25) is 5.28 Å². The predicted octanol–water partition coefficient (Wildman–Crippen LogP) is 3.62. The van der Waals surface area contributed by atoms with E-state index in [1.807, 2.05) is 35.8 Å². The SMILES string of the molecule is CCOc1ccc(-n2c(Cl)nnc2C(C)(C)C)cc1. The van der Waals surface area contributed by atoms with Crippen molar-refractivity contribution in [3.8, 4) is 11.4 Å². The highest BCUT2D eigenvalue weighted by Crippen LogP contribution is 2.27. The summed E-state index contributed by atoms with van der Waals surface area (Å²) in [6.07, 6.45) is 0. The summed E-state index contributed by atoms with van der Waals surface area (Å²) < 4.78 is 7.29. The molecular weight excluding hydrogens is 262 g/mol. The van der Waals surface area contributed by atoms with Crippen molar-refractivity contribution in [3.63, 3.8) is 0 Å². The third kappa shape index (κ3) is 2.89. The summed E-state index contributed by atoms with van der Waals surface area (Å²) in [5.41, 5.74) is 0.807. The zero-order chi connectivity index (χ0) is 14.0. The van der Waals surface area contributed by atoms with Crippen LogP contribution in [-0.4, -0.2) is 21.4 Å². The van der Waals surface area contributed by atoms with E-state index in [0.717, 1.165) is 17.3 Å². The highest BCUT2D eigenvalue weighted by atomic mass is 35.5. The number of aromatic nitrogens is 3. The first-order valence-electron chi connectivity index (χ1n) is 6.28. The maximum Gasteiger partial charge on any atom is 0.229 e. The fraction of sp³-hybridized carbons (Fsp3) is 0.429. The largest absolute Gasteiger partial charge is 0.494 e. The minimum atomic E-state index is -0.126. The molecule has 1 aromatic carbocycles. The molecule has 0 spiro atoms. The van der Waals surface area contributed by atoms with E-state index >= 15 is 0 Å². The third-order valence-electron chi connectivity index (χ3n) is 2.70. The highest BCUT2D eigenvalue weighted by molar-refractivity contribution is 6.28. The van der Waals surface area contributed by atoms with Crippen LogP contribution in [0.1, 0.15) is 33.5 Å². The van der Waals surface area contributed by atoms with Crippen molar-refractivity contribution in [1.82, 2.24) is 14.8 Å². The van der Waals surface area contributed by atoms with Crippen LogP contribution in [-0.2, 0) is 5.41 Å². The minimum Gasteiger partial charge on any atom is -0.494 e. The second-order valence-electron chi connectivity index (χ2n) is 5.30. The summed E-state index contributed by atoms with van der Waals surface area (Å²) in [6, 6.07) is 7.74. The van der Waals surface area contributed by atoms with Crippen molar-refractivity contribution < 1.29 is 4.74 Å². The Labute approximate surface area is 118 Å². The van der Waals surface area contributed by atoms with E-state index in [2.05, 4.69) is 31.0 Å². The van der Waals surface area contributed by atoms with Gasteiger partial charge in [0.1, 0.15) is 11.6 Å². The van der Waals surface area contributed by atoms with Gasteiger partial charge in [-0.25, -0.2) is 0 Å². The van der Waals surface area contributed by atoms with E-state index in [1.165, 1.54) is 0 Å². The van der Waals surface area contributed by atoms with Crippen LogP contribution in [0.4, 0.5) is 0 Å². The zero-order valence-corrected chi connectivity index (χ0v) is 12.4. The van der Waals surface area contributed by atoms with Gasteiger partial charge in [-0.1, -0.05) is 20.8 Å². The topological polar surface area (TPSA) is 39.9 Å². The quantitative estimate of drug-likeness (QED) is 0.861. The van der Waals surface area contributed by atoms with Crippen LogP contribution in [0.3, 0.4) is 0 Å². The molecule has 0 aliphatic heterocycles. The van der Waals surface area contributed by atoms with Crippen LogP contribution in [0.25, 0.3) is 5.69 Å². The normalized spacial score (nSPS) is 11.6. The molecule has 0 aliphatic carbocycles. The summed E-state index contributed by atoms with van der Waals surface area (Å²) in [6.45, 7) is 8.86. The molecule has 0 saturated carbocycles. The second-order valence-corrected chi connectivity index (χ2v) is 5.64. The summed E-state index contributed by atoms with van der Waals surface area (Å²) in [7, 11) is 0. The molecule has 1 heterocycles. The summed E-state index contributed by atoms with van der Waals surface area (Å²) in [5, 5.41) is 8.51. The first-order chi connectivity index (χ1) is 8.93. The number of ether oxygens (including phenoxy) is 1. The van der Waals surface area contributed by atoms with Gasteiger partial charge in [-0.2, -0.15) is 0 Å². The Bertz CT molecular complexity index is 555. The van der Waals surface area contributed by atoms with Gasteiger partial charge < -0.3 is 4.74 Å². The Hall–Kier alpha value is -1.55. The van der Waals surface area contributed by atoms with E-state index in [0.29, 0.717) is 11.9 Å². The standard InChI is InChI=1S/C14H18ClN3O/c1-5-19-11-8-6-10(7-9-11)18-12(14(2,3)4)16-17-13(18)15/h6-9H,5H2,1-4H3. The maximum atomic E-state index is 6.14. The highest BCUT2D eigenvalue weighted by Gasteiger charge is 2.24. The molecule has 19 heavy (non-hydrogen) atoms. The molecule has 0 aliphatic rings. The average molecular weight is 280 g/mol. The summed E-state index contributed by atoms with van der Waals surface area (Å²) in [5.74, 6) is 1.68. The average Bonchev–Trinajstić information content (AvgIpc) is 2.72. The number of halogens is 1. The number of hydrogen-bond acceptors (Lipinski definition) is 3. The molecule has 102 valence electrons. The van der Waals surface area contributed by atoms with Gasteiger partial charge in [-0.15, -0.1) is 10.2 Å². The van der Waals surface area contributed by atoms with E-state index in [4.69, 9.17) is 16.3 Å². The van der Waals surface area contributed by atoms with E-state index in [9.17, 15) is 0 Å². The van der Waals surface area contributed by atoms with E-state index < -0.39 is 0 Å². The van der Waals surface area contributed by atoms with Gasteiger partial charge in [0.15, 0.2) is 0 Å². The van der Waals surface area contributed by atoms with Gasteiger partial charge in [0.2, 0.25) is 5.28 Å². The van der Waals surface area contributed by atoms with E-state index in [1.54, 1.807) is 0 Å². The molecule has 1 aromatic heterocycles. The molecule has 4 nitrogen and oxygen atoms in total. The zero-order valence-electron chi connectivity index (χ0n) is 11.6. The molecule has 0 amide bonds. The fourth-order valence-corrected chi connectivity index (χ4v) is 2.05. The van der Waals surface area contributed by atoms with Crippen molar-refractivity contribution in [2.45, 2.75) is 33.1 Å². The lowest BCUT2D eigenvalue weighted by atomic mass is 9.95. The number of benzene rings is 1. The Balaban J connectivity index is 2.44. The van der Waals surface area contributed by atoms with Crippen LogP contribution in [0.5, 0.6) is 5.75 Å². The fourth-order valence-electron chi connectivity index (χ4n) is 1.84. The molecule has 0 N–H and O–H groups in total. The lowest BCUT2D eigenvalue weighted by Gasteiger charge is -2.19. The first-order valence-corrected chi connectivity index (χ1v) is 6.66. The van der Waals surface area contributed by atoms with Crippen molar-refractivity contribution in [3.05, 3.63) is 35.4 Å². The Kier molecular flexibility index (Phi) is 3.80. The predicted molar refractivity (Wildman–Crippen MR) is 76.2 cm³/mol. The number of hydrogen-bond donors (Lipinski definition) is 0. The third-order valence-corrected chi connectivity index (χ3v) is 2.94. The molecule has 5 heteroatoms. The Morgan fingerprint density at radius 3 is 2.32 bits per heavy atom. The Morgan fingerprint density at radius 1 is 1.16 bits per heavy atom. The smallest absolute Gasteiger partial charge is 0.229 e. The van der Waals surface area contributed by atoms with Crippen molar-refractivity contribution >= 4 is 11.6 Å². The molecule has 0 unspecified atom stereocenters. The van der Waals surface area contributed by atoms with Crippen molar-refractivity contribution in [2.75, 3.05) is 6.61 Å². The molecule has 0 radical (unpaired) electrons. The maximum absolute atomic E-state index is 6.14. The molecule has 0 saturated heterocycles. The van der Waals surface area contributed by atoms with Crippen LogP contribution in [0.15, 0.2) is 24.3 Å². The van der Waals surface area contributed by atoms with E-state index in [-0.39, 0.29) is 5.41 Å². The van der Waals surface area contributed by atoms with Crippen LogP contribution < -0.4 is 4.74 Å². The van der Waals surface area contributed by atoms with Gasteiger partial charge in [0, 0.05) is 5.41 Å². The molecule has 0 fully saturated rings. The van der Waals surface area contributed by atoms with Crippen molar-refractivity contribution in [2.24, 2.45) is 0 Å². The summed E-state index contributed by atoms with van der Waals surface area (Å²) in [4.78, 5) is 0. The van der Waals surface area contributed by atoms with Crippen molar-refractivity contribution in [1.29, 1.82) is 0 Å². The Morgan fingerprint density at radius 2 is 1.79 bits per heavy atom. The monoisotopic (exact) mass is 279 g/mol. The molecule has 0 bridgehead atoms. The van der Waals surface area contributed by atoms with Gasteiger partial charge in [0.25, 0.3) is 0 Å². The molecule has 2 rings (SSSR count). The lowest BCUT2D eigenvalue weighted by molar-refractivity contribution is 0.340. The van der Waals surface area contributed by atoms with Gasteiger partial charge in [-0.3, -0.25) is 4.57 Å². The second kappa shape index (κ2) is 5.21. The first kappa shape index (κ1) is 13.9. The molecular formula is C14H18ClN3O. The van der Waals surface area contributed by atoms with Gasteiger partial charge in [-0.05, 0) is 42.8 Å². The lowest BCUT2D eigenvalue weighted by Crippen LogP contribution is -2.18. The minimum absolute atomic E-state index is 0.126. The molecule has 0 atom stereocenters. The van der Waals surface area contributed by atoms with Gasteiger partial charge >= 0.3 is 0 Å². The van der Waals surface area contributed by atoms with Crippen LogP contribution >= 0.6 is 11.6 Å². The van der Waals surface area contributed by atoms with Crippen LogP contribution in [0, 0.1) is 0 Å². The number of rotatable bonds is 3. The van der Waals surface area contributed by atoms with Gasteiger partial charge in [0.05, 0.1) is 12.3 Å². The summed E-state index contributed by atoms with van der Waals surface area (Å²) >= 11 is 6.14.